The molecule has 1 amide bonds. The number of aromatic nitrogens is 1. The van der Waals surface area contributed by atoms with Crippen LogP contribution in [0.1, 0.15) is 46.5 Å². The van der Waals surface area contributed by atoms with Crippen molar-refractivity contribution in [2.24, 2.45) is 0 Å². The van der Waals surface area contributed by atoms with Crippen molar-refractivity contribution in [1.29, 1.82) is 0 Å². The summed E-state index contributed by atoms with van der Waals surface area (Å²) in [5.41, 5.74) is 0.481. The quantitative estimate of drug-likeness (QED) is 0.824. The van der Waals surface area contributed by atoms with Crippen molar-refractivity contribution >= 4 is 5.91 Å². The summed E-state index contributed by atoms with van der Waals surface area (Å²) < 4.78 is 17.4. The van der Waals surface area contributed by atoms with Gasteiger partial charge in [0.2, 0.25) is 5.76 Å². The zero-order valence-electron chi connectivity index (χ0n) is 16.3. The first-order valence-electron chi connectivity index (χ1n) is 9.59. The van der Waals surface area contributed by atoms with Gasteiger partial charge in [-0.3, -0.25) is 9.69 Å². The lowest BCUT2D eigenvalue weighted by Crippen LogP contribution is -2.57. The number of oxazole rings is 1. The molecule has 0 aromatic carbocycles. The van der Waals surface area contributed by atoms with Gasteiger partial charge >= 0.3 is 0 Å². The topological polar surface area (TPSA) is 72.0 Å². The lowest BCUT2D eigenvalue weighted by atomic mass is 9.89. The maximum Gasteiger partial charge on any atom is 0.291 e. The van der Waals surface area contributed by atoms with Crippen LogP contribution in [0, 0.1) is 20.8 Å². The normalized spacial score (nSPS) is 20.3. The summed E-state index contributed by atoms with van der Waals surface area (Å²) in [6, 6.07) is 4.04. The Balaban J connectivity index is 1.37. The Hall–Kier alpha value is -2.12. The van der Waals surface area contributed by atoms with Gasteiger partial charge in [0, 0.05) is 33.1 Å². The van der Waals surface area contributed by atoms with Gasteiger partial charge in [0.05, 0.1) is 24.4 Å². The minimum absolute atomic E-state index is 0.0679. The van der Waals surface area contributed by atoms with Crippen molar-refractivity contribution in [2.75, 3.05) is 32.8 Å². The number of likely N-dealkylation sites (tertiary alicyclic amines) is 1. The van der Waals surface area contributed by atoms with Crippen molar-refractivity contribution in [1.82, 2.24) is 14.8 Å². The molecule has 146 valence electrons. The maximum atomic E-state index is 12.7. The Labute approximate surface area is 159 Å². The third-order valence-corrected chi connectivity index (χ3v) is 5.56. The number of carbonyl (C=O) groups is 1. The van der Waals surface area contributed by atoms with Crippen molar-refractivity contribution in [2.45, 2.75) is 45.8 Å². The molecular formula is C20H27N3O4. The number of carbonyl (C=O) groups excluding carboxylic acids is 1. The molecule has 0 N–H and O–H groups in total. The number of piperidine rings is 1. The molecule has 7 nitrogen and oxygen atoms in total. The van der Waals surface area contributed by atoms with Gasteiger partial charge in [-0.1, -0.05) is 0 Å². The van der Waals surface area contributed by atoms with Crippen LogP contribution in [0.15, 0.2) is 21.0 Å². The second kappa shape index (κ2) is 7.13. The summed E-state index contributed by atoms with van der Waals surface area (Å²) in [5.74, 6) is 2.76. The van der Waals surface area contributed by atoms with Gasteiger partial charge in [-0.25, -0.2) is 4.98 Å². The molecule has 0 unspecified atom stereocenters. The number of morpholine rings is 1. The average molecular weight is 373 g/mol. The molecule has 0 bridgehead atoms. The number of furan rings is 1. The number of hydrogen-bond acceptors (Lipinski definition) is 6. The summed E-state index contributed by atoms with van der Waals surface area (Å²) in [7, 11) is 0. The third-order valence-electron chi connectivity index (χ3n) is 5.56. The largest absolute Gasteiger partial charge is 0.465 e. The van der Waals surface area contributed by atoms with Gasteiger partial charge in [0.25, 0.3) is 5.91 Å². The first kappa shape index (κ1) is 18.3. The van der Waals surface area contributed by atoms with Crippen LogP contribution in [0.2, 0.25) is 0 Å². The fourth-order valence-corrected chi connectivity index (χ4v) is 4.14. The van der Waals surface area contributed by atoms with Crippen molar-refractivity contribution in [3.63, 3.8) is 0 Å². The van der Waals surface area contributed by atoms with Gasteiger partial charge in [0.1, 0.15) is 11.5 Å². The molecule has 1 spiro atoms. The molecular weight excluding hydrogens is 346 g/mol. The molecule has 27 heavy (non-hydrogen) atoms. The van der Waals surface area contributed by atoms with E-state index in [-0.39, 0.29) is 11.5 Å². The predicted octanol–water partition coefficient (Wildman–Crippen LogP) is 2.70. The second-order valence-corrected chi connectivity index (χ2v) is 7.69. The molecule has 0 saturated carbocycles. The number of nitrogens with zero attached hydrogens (tertiary/aromatic N) is 3. The Morgan fingerprint density at radius 2 is 1.93 bits per heavy atom. The van der Waals surface area contributed by atoms with Crippen molar-refractivity contribution in [3.05, 3.63) is 41.0 Å². The van der Waals surface area contributed by atoms with E-state index in [0.717, 1.165) is 44.0 Å². The molecule has 0 radical (unpaired) electrons. The zero-order chi connectivity index (χ0) is 19.0. The van der Waals surface area contributed by atoms with Crippen LogP contribution < -0.4 is 0 Å². The van der Waals surface area contributed by atoms with E-state index in [9.17, 15) is 4.79 Å². The molecule has 0 aliphatic carbocycles. The number of amides is 1. The van der Waals surface area contributed by atoms with Crippen molar-refractivity contribution in [3.8, 4) is 0 Å². The molecule has 4 rings (SSSR count). The van der Waals surface area contributed by atoms with Gasteiger partial charge < -0.3 is 18.5 Å². The SMILES string of the molecule is Cc1ccc(CN2CCOC3(CCN(C(=O)c4oc(C)nc4C)CC3)C2)o1. The monoisotopic (exact) mass is 373 g/mol. The first-order valence-corrected chi connectivity index (χ1v) is 9.59. The van der Waals surface area contributed by atoms with E-state index in [4.69, 9.17) is 13.6 Å². The molecule has 2 aromatic heterocycles. The fourth-order valence-electron chi connectivity index (χ4n) is 4.14. The van der Waals surface area contributed by atoms with Gasteiger partial charge in [-0.2, -0.15) is 0 Å². The van der Waals surface area contributed by atoms with Crippen LogP contribution >= 0.6 is 0 Å². The van der Waals surface area contributed by atoms with Crippen molar-refractivity contribution < 1.29 is 18.4 Å². The molecule has 4 heterocycles. The second-order valence-electron chi connectivity index (χ2n) is 7.69. The van der Waals surface area contributed by atoms with Gasteiger partial charge in [0.15, 0.2) is 5.89 Å². The lowest BCUT2D eigenvalue weighted by Gasteiger charge is -2.47. The number of hydrogen-bond donors (Lipinski definition) is 0. The Morgan fingerprint density at radius 1 is 1.15 bits per heavy atom. The average Bonchev–Trinajstić information content (AvgIpc) is 3.19. The smallest absolute Gasteiger partial charge is 0.291 e. The Bertz CT molecular complexity index is 817. The van der Waals surface area contributed by atoms with E-state index in [1.165, 1.54) is 0 Å². The summed E-state index contributed by atoms with van der Waals surface area (Å²) in [6.07, 6.45) is 1.66. The van der Waals surface area contributed by atoms with Gasteiger partial charge in [-0.05, 0) is 38.8 Å². The molecule has 2 aliphatic heterocycles. The molecule has 2 aromatic rings. The highest BCUT2D eigenvalue weighted by molar-refractivity contribution is 5.92. The van der Waals surface area contributed by atoms with Crippen LogP contribution in [-0.2, 0) is 11.3 Å². The number of aryl methyl sites for hydroxylation is 3. The minimum Gasteiger partial charge on any atom is -0.465 e. The maximum absolute atomic E-state index is 12.7. The van der Waals surface area contributed by atoms with E-state index >= 15 is 0 Å². The van der Waals surface area contributed by atoms with Crippen LogP contribution in [0.5, 0.6) is 0 Å². The summed E-state index contributed by atoms with van der Waals surface area (Å²) in [5, 5.41) is 0. The summed E-state index contributed by atoms with van der Waals surface area (Å²) >= 11 is 0. The van der Waals surface area contributed by atoms with E-state index in [2.05, 4.69) is 9.88 Å². The number of ether oxygens (including phenoxy) is 1. The minimum atomic E-state index is -0.178. The van der Waals surface area contributed by atoms with Gasteiger partial charge in [-0.15, -0.1) is 0 Å². The van der Waals surface area contributed by atoms with Crippen LogP contribution in [0.3, 0.4) is 0 Å². The molecule has 2 saturated heterocycles. The molecule has 2 fully saturated rings. The Morgan fingerprint density at radius 3 is 2.56 bits per heavy atom. The Kier molecular flexibility index (Phi) is 4.82. The predicted molar refractivity (Wildman–Crippen MR) is 98.5 cm³/mol. The van der Waals surface area contributed by atoms with E-state index in [0.29, 0.717) is 37.0 Å². The highest BCUT2D eigenvalue weighted by Crippen LogP contribution is 2.31. The molecule has 0 atom stereocenters. The van der Waals surface area contributed by atoms with E-state index in [1.54, 1.807) is 6.92 Å². The third kappa shape index (κ3) is 3.80. The number of rotatable bonds is 3. The van der Waals surface area contributed by atoms with Crippen LogP contribution in [-0.4, -0.2) is 59.1 Å². The fraction of sp³-hybridized carbons (Fsp3) is 0.600. The highest BCUT2D eigenvalue weighted by atomic mass is 16.5. The summed E-state index contributed by atoms with van der Waals surface area (Å²) in [6.45, 7) is 10.2. The van der Waals surface area contributed by atoms with Crippen LogP contribution in [0.25, 0.3) is 0 Å². The highest BCUT2D eigenvalue weighted by Gasteiger charge is 2.41. The van der Waals surface area contributed by atoms with Crippen LogP contribution in [0.4, 0.5) is 0 Å². The molecule has 2 aliphatic rings. The van der Waals surface area contributed by atoms with E-state index in [1.807, 2.05) is 30.9 Å². The van der Waals surface area contributed by atoms with E-state index < -0.39 is 0 Å². The zero-order valence-corrected chi connectivity index (χ0v) is 16.3. The lowest BCUT2D eigenvalue weighted by molar-refractivity contribution is -0.135. The first-order chi connectivity index (χ1) is 12.9. The standard InChI is InChI=1S/C20H27N3O4/c1-14-4-5-17(26-14)12-22-10-11-25-20(13-22)6-8-23(9-7-20)19(24)18-15(2)21-16(3)27-18/h4-5H,6-13H2,1-3H3. The molecule has 7 heteroatoms. The summed E-state index contributed by atoms with van der Waals surface area (Å²) in [4.78, 5) is 21.2.